The Morgan fingerprint density at radius 3 is 3.15 bits per heavy atom. The van der Waals surface area contributed by atoms with Gasteiger partial charge in [0.05, 0.1) is 12.0 Å². The predicted molar refractivity (Wildman–Crippen MR) is 49.2 cm³/mol. The van der Waals surface area contributed by atoms with Crippen molar-refractivity contribution in [2.45, 2.75) is 19.4 Å². The Balaban J connectivity index is 1.74. The van der Waals surface area contributed by atoms with Gasteiger partial charge in [-0.2, -0.15) is 0 Å². The molecule has 3 heteroatoms. The molecule has 1 aliphatic carbocycles. The number of rotatable bonds is 3. The fraction of sp³-hybridized carbons (Fsp3) is 0.700. The molecule has 1 N–H and O–H groups in total. The predicted octanol–water partition coefficient (Wildman–Crippen LogP) is 0.714. The molecule has 1 saturated carbocycles. The van der Waals surface area contributed by atoms with Crippen molar-refractivity contribution in [2.75, 3.05) is 13.2 Å². The monoisotopic (exact) mass is 181 g/mol. The molecule has 72 valence electrons. The Kier molecular flexibility index (Phi) is 2.36. The maximum atomic E-state index is 11.5. The van der Waals surface area contributed by atoms with Crippen LogP contribution in [-0.4, -0.2) is 25.2 Å². The van der Waals surface area contributed by atoms with Gasteiger partial charge in [0.25, 0.3) is 0 Å². The lowest BCUT2D eigenvalue weighted by Gasteiger charge is -2.03. The number of hydrogen-bond donors (Lipinski definition) is 1. The summed E-state index contributed by atoms with van der Waals surface area (Å²) in [6.45, 7) is 3.43. The van der Waals surface area contributed by atoms with Crippen LogP contribution in [0.15, 0.2) is 12.2 Å². The van der Waals surface area contributed by atoms with Crippen LogP contribution in [0.5, 0.6) is 0 Å². The van der Waals surface area contributed by atoms with Gasteiger partial charge in [0.2, 0.25) is 5.91 Å². The number of allylic oxidation sites excluding steroid dienone is 1. The summed E-state index contributed by atoms with van der Waals surface area (Å²) in [5.41, 5.74) is 0. The smallest absolute Gasteiger partial charge is 0.226 e. The molecule has 0 aromatic carbocycles. The van der Waals surface area contributed by atoms with Crippen LogP contribution in [-0.2, 0) is 9.53 Å². The first kappa shape index (κ1) is 8.75. The van der Waals surface area contributed by atoms with E-state index in [0.29, 0.717) is 12.5 Å². The highest BCUT2D eigenvalue weighted by molar-refractivity contribution is 5.83. The summed E-state index contributed by atoms with van der Waals surface area (Å²) < 4.78 is 5.39. The summed E-state index contributed by atoms with van der Waals surface area (Å²) >= 11 is 0. The van der Waals surface area contributed by atoms with Crippen LogP contribution in [0.25, 0.3) is 0 Å². The average molecular weight is 181 g/mol. The van der Waals surface area contributed by atoms with Crippen LogP contribution < -0.4 is 5.32 Å². The lowest BCUT2D eigenvalue weighted by Crippen LogP contribution is -2.27. The molecule has 2 aliphatic rings. The van der Waals surface area contributed by atoms with Gasteiger partial charge in [-0.1, -0.05) is 12.2 Å². The Bertz CT molecular complexity index is 227. The lowest BCUT2D eigenvalue weighted by molar-refractivity contribution is -0.123. The first-order valence-electron chi connectivity index (χ1n) is 4.85. The summed E-state index contributed by atoms with van der Waals surface area (Å²) in [5, 5.41) is 2.87. The van der Waals surface area contributed by atoms with E-state index in [1.165, 1.54) is 0 Å². The van der Waals surface area contributed by atoms with Crippen molar-refractivity contribution in [3.8, 4) is 0 Å². The number of hydrogen-bond acceptors (Lipinski definition) is 2. The fourth-order valence-electron chi connectivity index (χ4n) is 1.99. The van der Waals surface area contributed by atoms with E-state index in [1.807, 2.05) is 19.1 Å². The average Bonchev–Trinajstić information content (AvgIpc) is 2.61. The molecule has 1 aliphatic heterocycles. The first-order chi connectivity index (χ1) is 6.34. The molecule has 3 unspecified atom stereocenters. The molecule has 2 rings (SSSR count). The molecule has 3 atom stereocenters. The largest absolute Gasteiger partial charge is 0.377 e. The maximum Gasteiger partial charge on any atom is 0.226 e. The SMILES string of the molecule is C/C=C/CNC(=O)C1C2CCOC21. The number of carbonyl (C=O) groups excluding carboxylic acids is 1. The van der Waals surface area contributed by atoms with Gasteiger partial charge >= 0.3 is 0 Å². The van der Waals surface area contributed by atoms with E-state index in [0.717, 1.165) is 13.0 Å². The van der Waals surface area contributed by atoms with E-state index < -0.39 is 0 Å². The standard InChI is InChI=1S/C10H15NO2/c1-2-3-5-11-10(12)8-7-4-6-13-9(7)8/h2-3,7-9H,4-6H2,1H3,(H,11,12)/b3-2+. The van der Waals surface area contributed by atoms with E-state index in [-0.39, 0.29) is 17.9 Å². The molecule has 0 aromatic rings. The van der Waals surface area contributed by atoms with Gasteiger partial charge in [-0.3, -0.25) is 4.79 Å². The normalized spacial score (nSPS) is 36.2. The van der Waals surface area contributed by atoms with Crippen molar-refractivity contribution >= 4 is 5.91 Å². The molecule has 0 spiro atoms. The maximum absolute atomic E-state index is 11.5. The van der Waals surface area contributed by atoms with E-state index >= 15 is 0 Å². The van der Waals surface area contributed by atoms with Crippen molar-refractivity contribution in [3.63, 3.8) is 0 Å². The minimum atomic E-state index is 0.152. The van der Waals surface area contributed by atoms with Crippen molar-refractivity contribution in [2.24, 2.45) is 11.8 Å². The van der Waals surface area contributed by atoms with E-state index in [1.54, 1.807) is 0 Å². The van der Waals surface area contributed by atoms with Crippen molar-refractivity contribution in [3.05, 3.63) is 12.2 Å². The third kappa shape index (κ3) is 1.61. The fourth-order valence-corrected chi connectivity index (χ4v) is 1.99. The van der Waals surface area contributed by atoms with Crippen LogP contribution in [0, 0.1) is 11.8 Å². The summed E-state index contributed by atoms with van der Waals surface area (Å²) in [6, 6.07) is 0. The molecular formula is C10H15NO2. The molecule has 13 heavy (non-hydrogen) atoms. The first-order valence-corrected chi connectivity index (χ1v) is 4.85. The second kappa shape index (κ2) is 3.50. The van der Waals surface area contributed by atoms with E-state index in [9.17, 15) is 4.79 Å². The number of fused-ring (bicyclic) bond motifs is 1. The minimum absolute atomic E-state index is 0.152. The quantitative estimate of drug-likeness (QED) is 0.651. The zero-order valence-corrected chi connectivity index (χ0v) is 7.82. The van der Waals surface area contributed by atoms with Gasteiger partial charge < -0.3 is 10.1 Å². The number of amides is 1. The third-order valence-electron chi connectivity index (χ3n) is 2.79. The van der Waals surface area contributed by atoms with Gasteiger partial charge in [0, 0.05) is 19.1 Å². The Labute approximate surface area is 78.1 Å². The van der Waals surface area contributed by atoms with Crippen LogP contribution >= 0.6 is 0 Å². The van der Waals surface area contributed by atoms with Gasteiger partial charge in [0.1, 0.15) is 0 Å². The molecule has 2 fully saturated rings. The van der Waals surface area contributed by atoms with Crippen LogP contribution in [0.2, 0.25) is 0 Å². The number of ether oxygens (including phenoxy) is 1. The molecule has 1 saturated heterocycles. The minimum Gasteiger partial charge on any atom is -0.377 e. The van der Waals surface area contributed by atoms with Crippen LogP contribution in [0.4, 0.5) is 0 Å². The van der Waals surface area contributed by atoms with Gasteiger partial charge in [-0.25, -0.2) is 0 Å². The number of nitrogens with one attached hydrogen (secondary N) is 1. The van der Waals surface area contributed by atoms with Crippen LogP contribution in [0.1, 0.15) is 13.3 Å². The Morgan fingerprint density at radius 2 is 2.54 bits per heavy atom. The summed E-state index contributed by atoms with van der Waals surface area (Å²) in [6.07, 6.45) is 5.18. The topological polar surface area (TPSA) is 38.3 Å². The molecular weight excluding hydrogens is 166 g/mol. The number of carbonyl (C=O) groups is 1. The summed E-state index contributed by atoms with van der Waals surface area (Å²) in [4.78, 5) is 11.5. The summed E-state index contributed by atoms with van der Waals surface area (Å²) in [5.74, 6) is 0.831. The van der Waals surface area contributed by atoms with E-state index in [4.69, 9.17) is 4.74 Å². The van der Waals surface area contributed by atoms with Crippen molar-refractivity contribution < 1.29 is 9.53 Å². The molecule has 1 amide bonds. The van der Waals surface area contributed by atoms with Gasteiger partial charge in [-0.15, -0.1) is 0 Å². The third-order valence-corrected chi connectivity index (χ3v) is 2.79. The van der Waals surface area contributed by atoms with Crippen molar-refractivity contribution in [1.82, 2.24) is 5.32 Å². The second-order valence-corrected chi connectivity index (χ2v) is 3.63. The Hall–Kier alpha value is -0.830. The molecule has 0 aromatic heterocycles. The highest BCUT2D eigenvalue weighted by Gasteiger charge is 2.58. The molecule has 3 nitrogen and oxygen atoms in total. The summed E-state index contributed by atoms with van der Waals surface area (Å²) in [7, 11) is 0. The molecule has 0 radical (unpaired) electrons. The van der Waals surface area contributed by atoms with E-state index in [2.05, 4.69) is 5.32 Å². The van der Waals surface area contributed by atoms with Gasteiger partial charge in [0.15, 0.2) is 0 Å². The highest BCUT2D eigenvalue weighted by atomic mass is 16.5. The second-order valence-electron chi connectivity index (χ2n) is 3.63. The Morgan fingerprint density at radius 1 is 1.69 bits per heavy atom. The van der Waals surface area contributed by atoms with Crippen LogP contribution in [0.3, 0.4) is 0 Å². The van der Waals surface area contributed by atoms with Crippen molar-refractivity contribution in [1.29, 1.82) is 0 Å². The van der Waals surface area contributed by atoms with Gasteiger partial charge in [-0.05, 0) is 13.3 Å². The zero-order valence-electron chi connectivity index (χ0n) is 7.82. The molecule has 0 bridgehead atoms. The lowest BCUT2D eigenvalue weighted by atomic mass is 10.2. The highest BCUT2D eigenvalue weighted by Crippen LogP contribution is 2.48. The zero-order chi connectivity index (χ0) is 9.26. The molecule has 1 heterocycles.